The van der Waals surface area contributed by atoms with Crippen molar-refractivity contribution >= 4 is 15.9 Å². The van der Waals surface area contributed by atoms with E-state index in [9.17, 15) is 13.2 Å². The summed E-state index contributed by atoms with van der Waals surface area (Å²) in [7, 11) is -3.22. The predicted octanol–water partition coefficient (Wildman–Crippen LogP) is 1.65. The van der Waals surface area contributed by atoms with Gasteiger partial charge in [0.05, 0.1) is 18.6 Å². The normalized spacial score (nSPS) is 11.3. The molecule has 0 bridgehead atoms. The lowest BCUT2D eigenvalue weighted by Gasteiger charge is -2.06. The Kier molecular flexibility index (Phi) is 5.35. The molecule has 7 heteroatoms. The summed E-state index contributed by atoms with van der Waals surface area (Å²) in [5, 5.41) is 2.74. The van der Waals surface area contributed by atoms with Gasteiger partial charge in [0.2, 0.25) is 10.0 Å². The topological polar surface area (TPSA) is 88.4 Å². The summed E-state index contributed by atoms with van der Waals surface area (Å²) in [4.78, 5) is 12.0. The number of sulfonamides is 1. The quantitative estimate of drug-likeness (QED) is 0.811. The van der Waals surface area contributed by atoms with Crippen LogP contribution in [0.5, 0.6) is 0 Å². The average Bonchev–Trinajstić information content (AvgIpc) is 3.05. The van der Waals surface area contributed by atoms with Crippen molar-refractivity contribution < 1.29 is 17.6 Å². The lowest BCUT2D eigenvalue weighted by molar-refractivity contribution is 0.0948. The highest BCUT2D eigenvalue weighted by atomic mass is 32.2. The van der Waals surface area contributed by atoms with Crippen molar-refractivity contribution in [3.8, 4) is 0 Å². The van der Waals surface area contributed by atoms with Crippen molar-refractivity contribution in [3.63, 3.8) is 0 Å². The van der Waals surface area contributed by atoms with Gasteiger partial charge in [-0.2, -0.15) is 0 Å². The molecule has 1 aromatic carbocycles. The van der Waals surface area contributed by atoms with E-state index in [-0.39, 0.29) is 18.2 Å². The van der Waals surface area contributed by atoms with Crippen molar-refractivity contribution in [1.82, 2.24) is 10.0 Å². The summed E-state index contributed by atoms with van der Waals surface area (Å²) in [5.41, 5.74) is 1.30. The van der Waals surface area contributed by atoms with Crippen LogP contribution in [0.25, 0.3) is 0 Å². The molecule has 0 unspecified atom stereocenters. The van der Waals surface area contributed by atoms with Crippen molar-refractivity contribution in [2.75, 3.05) is 5.75 Å². The highest BCUT2D eigenvalue weighted by Gasteiger charge is 2.08. The third-order valence-corrected chi connectivity index (χ3v) is 4.44. The van der Waals surface area contributed by atoms with Gasteiger partial charge in [-0.05, 0) is 36.8 Å². The summed E-state index contributed by atoms with van der Waals surface area (Å²) in [6, 6.07) is 10.3. The van der Waals surface area contributed by atoms with Crippen LogP contribution in [0, 0.1) is 0 Å². The summed E-state index contributed by atoms with van der Waals surface area (Å²) in [5.74, 6) is 0.510. The van der Waals surface area contributed by atoms with E-state index in [0.29, 0.717) is 17.9 Å². The maximum Gasteiger partial charge on any atom is 0.251 e. The van der Waals surface area contributed by atoms with Crippen molar-refractivity contribution in [2.45, 2.75) is 20.0 Å². The number of amides is 1. The molecule has 0 aliphatic heterocycles. The van der Waals surface area contributed by atoms with Gasteiger partial charge in [0, 0.05) is 12.1 Å². The molecule has 0 aliphatic carbocycles. The minimum atomic E-state index is -3.22. The van der Waals surface area contributed by atoms with Gasteiger partial charge in [-0.3, -0.25) is 4.79 Å². The molecule has 0 fully saturated rings. The van der Waals surface area contributed by atoms with Gasteiger partial charge in [-0.1, -0.05) is 12.1 Å². The second kappa shape index (κ2) is 7.24. The van der Waals surface area contributed by atoms with E-state index in [1.807, 2.05) is 0 Å². The smallest absolute Gasteiger partial charge is 0.251 e. The molecule has 2 N–H and O–H groups in total. The summed E-state index contributed by atoms with van der Waals surface area (Å²) in [6.07, 6.45) is 1.55. The van der Waals surface area contributed by atoms with Crippen molar-refractivity contribution in [3.05, 3.63) is 59.5 Å². The minimum Gasteiger partial charge on any atom is -0.467 e. The van der Waals surface area contributed by atoms with E-state index in [1.165, 1.54) is 0 Å². The lowest BCUT2D eigenvalue weighted by atomic mass is 10.1. The maximum atomic E-state index is 12.0. The van der Waals surface area contributed by atoms with E-state index in [0.717, 1.165) is 5.56 Å². The Bertz CT molecular complexity index is 707. The fourth-order valence-corrected chi connectivity index (χ4v) is 2.34. The first kappa shape index (κ1) is 16.3. The maximum absolute atomic E-state index is 12.0. The lowest BCUT2D eigenvalue weighted by Crippen LogP contribution is -2.25. The Labute approximate surface area is 129 Å². The molecule has 118 valence electrons. The molecule has 0 spiro atoms. The van der Waals surface area contributed by atoms with Gasteiger partial charge in [0.15, 0.2) is 0 Å². The van der Waals surface area contributed by atoms with E-state index in [1.54, 1.807) is 49.6 Å². The van der Waals surface area contributed by atoms with Crippen molar-refractivity contribution in [1.29, 1.82) is 0 Å². The zero-order valence-corrected chi connectivity index (χ0v) is 13.0. The molecule has 2 rings (SSSR count). The molecule has 2 aromatic rings. The fraction of sp³-hybridized carbons (Fsp3) is 0.267. The molecule has 1 aromatic heterocycles. The molecule has 0 saturated heterocycles. The van der Waals surface area contributed by atoms with Gasteiger partial charge in [-0.25, -0.2) is 13.1 Å². The standard InChI is InChI=1S/C15H18N2O4S/c1-2-22(19,20)17-10-12-5-7-13(8-6-12)15(18)16-11-14-4-3-9-21-14/h3-9,17H,2,10-11H2,1H3,(H,16,18). The number of benzene rings is 1. The fourth-order valence-electron chi connectivity index (χ4n) is 1.75. The second-order valence-corrected chi connectivity index (χ2v) is 6.78. The highest BCUT2D eigenvalue weighted by Crippen LogP contribution is 2.06. The van der Waals surface area contributed by atoms with E-state index in [2.05, 4.69) is 10.0 Å². The SMILES string of the molecule is CCS(=O)(=O)NCc1ccc(C(=O)NCc2ccco2)cc1. The zero-order valence-electron chi connectivity index (χ0n) is 12.2. The van der Waals surface area contributed by atoms with Gasteiger partial charge < -0.3 is 9.73 Å². The Morgan fingerprint density at radius 1 is 1.14 bits per heavy atom. The first-order valence-corrected chi connectivity index (χ1v) is 8.52. The summed E-state index contributed by atoms with van der Waals surface area (Å²) in [6.45, 7) is 2.11. The number of rotatable bonds is 7. The van der Waals surface area contributed by atoms with Crippen molar-refractivity contribution in [2.24, 2.45) is 0 Å². The Balaban J connectivity index is 1.89. The van der Waals surface area contributed by atoms with Gasteiger partial charge in [0.25, 0.3) is 5.91 Å². The molecule has 22 heavy (non-hydrogen) atoms. The first-order chi connectivity index (χ1) is 10.5. The molecular weight excluding hydrogens is 304 g/mol. The minimum absolute atomic E-state index is 0.0419. The van der Waals surface area contributed by atoms with Crippen LogP contribution >= 0.6 is 0 Å². The van der Waals surface area contributed by atoms with Gasteiger partial charge >= 0.3 is 0 Å². The molecule has 0 radical (unpaired) electrons. The molecule has 1 amide bonds. The molecule has 6 nitrogen and oxygen atoms in total. The third-order valence-electron chi connectivity index (χ3n) is 3.10. The Morgan fingerprint density at radius 2 is 1.86 bits per heavy atom. The monoisotopic (exact) mass is 322 g/mol. The van der Waals surface area contributed by atoms with Crippen LogP contribution < -0.4 is 10.0 Å². The largest absolute Gasteiger partial charge is 0.467 e. The number of carbonyl (C=O) groups excluding carboxylic acids is 1. The van der Waals surface area contributed by atoms with Crippen LogP contribution in [0.2, 0.25) is 0 Å². The molecule has 1 heterocycles. The van der Waals surface area contributed by atoms with E-state index < -0.39 is 10.0 Å². The molecule has 0 atom stereocenters. The van der Waals surface area contributed by atoms with Crippen LogP contribution in [0.1, 0.15) is 28.6 Å². The first-order valence-electron chi connectivity index (χ1n) is 6.87. The van der Waals surface area contributed by atoms with Crippen LogP contribution in [-0.2, 0) is 23.1 Å². The predicted molar refractivity (Wildman–Crippen MR) is 82.6 cm³/mol. The Morgan fingerprint density at radius 3 is 2.45 bits per heavy atom. The Hall–Kier alpha value is -2.12. The highest BCUT2D eigenvalue weighted by molar-refractivity contribution is 7.89. The summed E-state index contributed by atoms with van der Waals surface area (Å²) >= 11 is 0. The van der Waals surface area contributed by atoms with Crippen LogP contribution in [0.4, 0.5) is 0 Å². The average molecular weight is 322 g/mol. The molecule has 0 aliphatic rings. The number of nitrogens with one attached hydrogen (secondary N) is 2. The van der Waals surface area contributed by atoms with Crippen LogP contribution in [0.15, 0.2) is 47.1 Å². The number of hydrogen-bond acceptors (Lipinski definition) is 4. The van der Waals surface area contributed by atoms with Gasteiger partial charge in [0.1, 0.15) is 5.76 Å². The molecular formula is C15H18N2O4S. The van der Waals surface area contributed by atoms with Crippen LogP contribution in [-0.4, -0.2) is 20.1 Å². The zero-order chi connectivity index (χ0) is 16.0. The van der Waals surface area contributed by atoms with E-state index in [4.69, 9.17) is 4.42 Å². The second-order valence-electron chi connectivity index (χ2n) is 4.68. The van der Waals surface area contributed by atoms with E-state index >= 15 is 0 Å². The van der Waals surface area contributed by atoms with Gasteiger partial charge in [-0.15, -0.1) is 0 Å². The number of hydrogen-bond donors (Lipinski definition) is 2. The summed E-state index contributed by atoms with van der Waals surface area (Å²) < 4.78 is 30.3. The number of furan rings is 1. The third kappa shape index (κ3) is 4.71. The van der Waals surface area contributed by atoms with Crippen LogP contribution in [0.3, 0.4) is 0 Å². The molecule has 0 saturated carbocycles. The number of carbonyl (C=O) groups is 1.